The first-order valence-electron chi connectivity index (χ1n) is 3.93. The third kappa shape index (κ3) is 1.15. The van der Waals surface area contributed by atoms with Crippen LogP contribution in [-0.2, 0) is 18.6 Å². The SMILES string of the molecule is CC1=C(C)C(C)(C)[C]([Os])=C1C.[H-].[H-]. The first kappa shape index (κ1) is 9.21. The summed E-state index contributed by atoms with van der Waals surface area (Å²) in [6.07, 6.45) is 0. The van der Waals surface area contributed by atoms with E-state index < -0.39 is 0 Å². The van der Waals surface area contributed by atoms with Crippen LogP contribution in [0.25, 0.3) is 0 Å². The van der Waals surface area contributed by atoms with Crippen LogP contribution >= 0.6 is 0 Å². The van der Waals surface area contributed by atoms with Gasteiger partial charge in [-0.2, -0.15) is 0 Å². The van der Waals surface area contributed by atoms with Crippen molar-refractivity contribution in [2.75, 3.05) is 0 Å². The van der Waals surface area contributed by atoms with Crippen LogP contribution in [0.5, 0.6) is 0 Å². The van der Waals surface area contributed by atoms with Crippen LogP contribution in [0.15, 0.2) is 20.8 Å². The Bertz CT molecular complexity index is 236. The van der Waals surface area contributed by atoms with Crippen molar-refractivity contribution in [2.45, 2.75) is 34.6 Å². The van der Waals surface area contributed by atoms with Gasteiger partial charge in [0.05, 0.1) is 0 Å². The van der Waals surface area contributed by atoms with Gasteiger partial charge in [-0.3, -0.25) is 0 Å². The van der Waals surface area contributed by atoms with Gasteiger partial charge in [-0.05, 0) is 0 Å². The van der Waals surface area contributed by atoms with Crippen LogP contribution < -0.4 is 0 Å². The zero-order valence-electron chi connectivity index (χ0n) is 9.85. The first-order chi connectivity index (χ1) is 4.89. The fourth-order valence-electron chi connectivity index (χ4n) is 1.54. The molecule has 1 heteroatoms. The van der Waals surface area contributed by atoms with Gasteiger partial charge in [-0.15, -0.1) is 0 Å². The molecule has 0 heterocycles. The summed E-state index contributed by atoms with van der Waals surface area (Å²) in [4.78, 5) is 0. The molecule has 0 aromatic rings. The molecule has 0 aromatic carbocycles. The van der Waals surface area contributed by atoms with Gasteiger partial charge >= 0.3 is 79.5 Å². The molecule has 0 spiro atoms. The van der Waals surface area contributed by atoms with Crippen molar-refractivity contribution in [1.82, 2.24) is 0 Å². The molecule has 11 heavy (non-hydrogen) atoms. The maximum Gasteiger partial charge on any atom is -1.00 e. The van der Waals surface area contributed by atoms with Crippen molar-refractivity contribution in [2.24, 2.45) is 5.41 Å². The Labute approximate surface area is 82.6 Å². The van der Waals surface area contributed by atoms with Crippen LogP contribution in [0.3, 0.4) is 0 Å². The number of rotatable bonds is 0. The second kappa shape index (κ2) is 2.56. The maximum atomic E-state index is 2.31. The van der Waals surface area contributed by atoms with Crippen LogP contribution in [0, 0.1) is 5.41 Å². The van der Waals surface area contributed by atoms with Gasteiger partial charge in [-0.1, -0.05) is 0 Å². The summed E-state index contributed by atoms with van der Waals surface area (Å²) in [5.74, 6) is 0. The van der Waals surface area contributed by atoms with Gasteiger partial charge < -0.3 is 2.85 Å². The smallest absolute Gasteiger partial charge is 1.00 e. The molecule has 0 saturated heterocycles. The average molecular weight is 327 g/mol. The second-order valence-corrected chi connectivity index (χ2v) is 5.07. The van der Waals surface area contributed by atoms with Gasteiger partial charge in [0, 0.05) is 0 Å². The summed E-state index contributed by atoms with van der Waals surface area (Å²) < 4.78 is 1.56. The Hall–Kier alpha value is 0.116. The molecule has 0 unspecified atom stereocenters. The van der Waals surface area contributed by atoms with Crippen LogP contribution in [0.2, 0.25) is 0 Å². The van der Waals surface area contributed by atoms with E-state index in [1.165, 1.54) is 11.1 Å². The number of allylic oxidation sites excluding steroid dienone is 4. The zero-order chi connectivity index (χ0) is 8.81. The van der Waals surface area contributed by atoms with E-state index in [1.807, 2.05) is 18.6 Å². The summed E-state index contributed by atoms with van der Waals surface area (Å²) in [6, 6.07) is 0. The zero-order valence-corrected chi connectivity index (χ0v) is 10.4. The predicted molar refractivity (Wildman–Crippen MR) is 47.1 cm³/mol. The fraction of sp³-hybridized carbons (Fsp3) is 0.600. The van der Waals surface area contributed by atoms with E-state index in [0.717, 1.165) is 0 Å². The van der Waals surface area contributed by atoms with Crippen molar-refractivity contribution in [3.8, 4) is 0 Å². The average Bonchev–Trinajstić information content (AvgIpc) is 2.06. The Balaban J connectivity index is 0. The van der Waals surface area contributed by atoms with E-state index in [9.17, 15) is 0 Å². The van der Waals surface area contributed by atoms with Gasteiger partial charge in [0.1, 0.15) is 0 Å². The molecule has 0 aromatic heterocycles. The standard InChI is InChI=1S/C10H15.Os.2H/c1-7-6-10(4,5)9(3)8(7)2;;;/h1-5H3;;;/q;;2*-1. The third-order valence-electron chi connectivity index (χ3n) is 2.92. The summed E-state index contributed by atoms with van der Waals surface area (Å²) in [5, 5.41) is 0. The van der Waals surface area contributed by atoms with Gasteiger partial charge in [-0.25, -0.2) is 0 Å². The fourth-order valence-corrected chi connectivity index (χ4v) is 2.49. The van der Waals surface area contributed by atoms with E-state index in [4.69, 9.17) is 0 Å². The summed E-state index contributed by atoms with van der Waals surface area (Å²) in [6.45, 7) is 11.3. The molecule has 0 atom stereocenters. The molecular formula is C10H17Os-2. The minimum absolute atomic E-state index is 0. The topological polar surface area (TPSA) is 0 Å². The summed E-state index contributed by atoms with van der Waals surface area (Å²) >= 11 is 2.04. The molecule has 1 aliphatic rings. The Morgan fingerprint density at radius 1 is 1.09 bits per heavy atom. The molecule has 1 aliphatic carbocycles. The van der Waals surface area contributed by atoms with Gasteiger partial charge in [0.25, 0.3) is 0 Å². The third-order valence-corrected chi connectivity index (χ3v) is 5.46. The van der Waals surface area contributed by atoms with E-state index in [0.29, 0.717) is 5.41 Å². The van der Waals surface area contributed by atoms with Crippen LogP contribution in [0.4, 0.5) is 0 Å². The molecule has 0 saturated carbocycles. The van der Waals surface area contributed by atoms with Crippen molar-refractivity contribution < 1.29 is 21.5 Å². The summed E-state index contributed by atoms with van der Waals surface area (Å²) in [5.41, 5.74) is 4.87. The van der Waals surface area contributed by atoms with Gasteiger partial charge in [0.15, 0.2) is 0 Å². The van der Waals surface area contributed by atoms with Gasteiger partial charge in [0.2, 0.25) is 0 Å². The Morgan fingerprint density at radius 2 is 1.55 bits per heavy atom. The van der Waals surface area contributed by atoms with Crippen LogP contribution in [0.1, 0.15) is 37.5 Å². The molecular weight excluding hydrogens is 310 g/mol. The number of hydrogen-bond acceptors (Lipinski definition) is 0. The molecule has 67 valence electrons. The molecule has 0 N–H and O–H groups in total. The minimum Gasteiger partial charge on any atom is -1.00 e. The van der Waals surface area contributed by atoms with E-state index >= 15 is 0 Å². The predicted octanol–water partition coefficient (Wildman–Crippen LogP) is 3.41. The van der Waals surface area contributed by atoms with Crippen LogP contribution in [-0.4, -0.2) is 0 Å². The molecule has 0 radical (unpaired) electrons. The number of hydrogen-bond donors (Lipinski definition) is 0. The molecule has 0 nitrogen and oxygen atoms in total. The van der Waals surface area contributed by atoms with E-state index in [1.54, 1.807) is 9.70 Å². The monoisotopic (exact) mass is 329 g/mol. The Kier molecular flexibility index (Phi) is 2.14. The van der Waals surface area contributed by atoms with E-state index in [-0.39, 0.29) is 2.85 Å². The molecule has 0 bridgehead atoms. The van der Waals surface area contributed by atoms with Crippen molar-refractivity contribution in [1.29, 1.82) is 0 Å². The molecule has 1 rings (SSSR count). The Morgan fingerprint density at radius 3 is 1.64 bits per heavy atom. The maximum absolute atomic E-state index is 2.31. The molecule has 0 aliphatic heterocycles. The quantitative estimate of drug-likeness (QED) is 0.640. The van der Waals surface area contributed by atoms with Crippen molar-refractivity contribution in [3.63, 3.8) is 0 Å². The first-order valence-corrected chi connectivity index (χ1v) is 5.20. The van der Waals surface area contributed by atoms with E-state index in [2.05, 4.69) is 34.6 Å². The largest absolute Gasteiger partial charge is 1.00 e. The molecule has 0 fully saturated rings. The van der Waals surface area contributed by atoms with Crippen molar-refractivity contribution in [3.05, 3.63) is 20.8 Å². The second-order valence-electron chi connectivity index (χ2n) is 3.80. The summed E-state index contributed by atoms with van der Waals surface area (Å²) in [7, 11) is 0. The normalized spacial score (nSPS) is 23.5. The van der Waals surface area contributed by atoms with Crippen molar-refractivity contribution >= 4 is 0 Å². The molecule has 0 amide bonds. The minimum atomic E-state index is 0.